The maximum Gasteiger partial charge on any atom is 0.243 e. The average molecular weight is 516 g/mol. The molecule has 1 atom stereocenters. The third-order valence-electron chi connectivity index (χ3n) is 6.85. The molecule has 1 aromatic carbocycles. The van der Waals surface area contributed by atoms with Gasteiger partial charge in [0.2, 0.25) is 17.7 Å². The minimum Gasteiger partial charge on any atom is -0.326 e. The molecule has 2 aliphatic rings. The normalized spacial score (nSPS) is 15.6. The fourth-order valence-electron chi connectivity index (χ4n) is 4.22. The molecule has 0 saturated carbocycles. The number of nitrogens with one attached hydrogen (secondary N) is 2. The molecule has 3 rings (SSSR count). The van der Waals surface area contributed by atoms with Gasteiger partial charge < -0.3 is 5.32 Å². The van der Waals surface area contributed by atoms with Crippen molar-refractivity contribution in [1.29, 1.82) is 0 Å². The highest BCUT2D eigenvalue weighted by atomic mass is 16.5. The topological polar surface area (TPSA) is 98.7 Å². The largest absolute Gasteiger partial charge is 0.326 e. The van der Waals surface area contributed by atoms with Crippen molar-refractivity contribution in [1.82, 2.24) is 10.4 Å². The molecule has 0 saturated heterocycles. The Morgan fingerprint density at radius 3 is 2.05 bits per heavy atom. The van der Waals surface area contributed by atoms with Gasteiger partial charge in [0.1, 0.15) is 0 Å². The van der Waals surface area contributed by atoms with E-state index in [1.165, 1.54) is 0 Å². The van der Waals surface area contributed by atoms with E-state index in [2.05, 4.69) is 5.32 Å². The van der Waals surface area contributed by atoms with Crippen molar-refractivity contribution in [3.05, 3.63) is 102 Å². The maximum absolute atomic E-state index is 13.5. The molecule has 0 aromatic heterocycles. The van der Waals surface area contributed by atoms with Crippen LogP contribution in [0.4, 0.5) is 5.69 Å². The lowest BCUT2D eigenvalue weighted by molar-refractivity contribution is -0.131. The third-order valence-corrected chi connectivity index (χ3v) is 6.85. The molecule has 0 spiro atoms. The van der Waals surface area contributed by atoms with E-state index in [9.17, 15) is 14.4 Å². The number of amides is 3. The van der Waals surface area contributed by atoms with E-state index < -0.39 is 11.3 Å². The summed E-state index contributed by atoms with van der Waals surface area (Å²) in [5, 5.41) is 11.7. The molecule has 7 nitrogen and oxygen atoms in total. The number of rotatable bonds is 10. The number of nitrogens with zero attached hydrogens (tertiary/aromatic N) is 1. The van der Waals surface area contributed by atoms with Crippen LogP contribution in [0.2, 0.25) is 0 Å². The summed E-state index contributed by atoms with van der Waals surface area (Å²) in [6, 6.07) is 7.28. The van der Waals surface area contributed by atoms with Crippen molar-refractivity contribution in [3.8, 4) is 0 Å². The number of allylic oxidation sites excluding steroid dienone is 10. The maximum atomic E-state index is 13.5. The second-order valence-electron chi connectivity index (χ2n) is 10.3. The summed E-state index contributed by atoms with van der Waals surface area (Å²) in [5.41, 5.74) is 4.30. The van der Waals surface area contributed by atoms with E-state index in [1.54, 1.807) is 22.5 Å². The van der Waals surface area contributed by atoms with Crippen molar-refractivity contribution in [2.75, 3.05) is 5.32 Å². The van der Waals surface area contributed by atoms with Crippen LogP contribution in [-0.4, -0.2) is 27.8 Å². The Kier molecular flexibility index (Phi) is 10.2. The van der Waals surface area contributed by atoms with Crippen LogP contribution >= 0.6 is 0 Å². The Balaban J connectivity index is 1.67. The zero-order valence-corrected chi connectivity index (χ0v) is 22.3. The van der Waals surface area contributed by atoms with Gasteiger partial charge in [0.15, 0.2) is 0 Å². The highest BCUT2D eigenvalue weighted by Crippen LogP contribution is 2.33. The number of hydrogen-bond acceptors (Lipinski definition) is 4. The summed E-state index contributed by atoms with van der Waals surface area (Å²) in [5.74, 6) is -0.803. The third kappa shape index (κ3) is 8.28. The van der Waals surface area contributed by atoms with Gasteiger partial charge in [-0.3, -0.25) is 24.5 Å². The second-order valence-corrected chi connectivity index (χ2v) is 10.3. The molecule has 1 unspecified atom stereocenters. The minimum atomic E-state index is -0.472. The number of benzene rings is 1. The lowest BCUT2D eigenvalue weighted by Gasteiger charge is -2.30. The Bertz CT molecular complexity index is 1160. The van der Waals surface area contributed by atoms with Crippen LogP contribution in [0.3, 0.4) is 0 Å². The summed E-state index contributed by atoms with van der Waals surface area (Å²) >= 11 is 0. The molecular weight excluding hydrogens is 478 g/mol. The summed E-state index contributed by atoms with van der Waals surface area (Å²) in [7, 11) is 0. The zero-order chi connectivity index (χ0) is 27.5. The summed E-state index contributed by atoms with van der Waals surface area (Å²) < 4.78 is 0. The molecule has 200 valence electrons. The van der Waals surface area contributed by atoms with E-state index in [0.717, 1.165) is 29.8 Å². The number of anilines is 1. The Labute approximate surface area is 224 Å². The quantitative estimate of drug-likeness (QED) is 0.273. The molecule has 3 amide bonds. The van der Waals surface area contributed by atoms with Gasteiger partial charge in [0.25, 0.3) is 0 Å². The van der Waals surface area contributed by atoms with E-state index in [1.807, 2.05) is 93.7 Å². The fraction of sp³-hybridized carbons (Fsp3) is 0.323. The van der Waals surface area contributed by atoms with Crippen LogP contribution in [0.15, 0.2) is 96.4 Å². The molecule has 2 aliphatic carbocycles. The van der Waals surface area contributed by atoms with Crippen molar-refractivity contribution in [2.24, 2.45) is 11.3 Å². The molecule has 1 aromatic rings. The van der Waals surface area contributed by atoms with Gasteiger partial charge in [0, 0.05) is 29.9 Å². The van der Waals surface area contributed by atoms with Crippen LogP contribution in [0.1, 0.15) is 52.0 Å². The summed E-state index contributed by atoms with van der Waals surface area (Å²) in [6.07, 6.45) is 22.1. The van der Waals surface area contributed by atoms with Crippen LogP contribution in [0.5, 0.6) is 0 Å². The fourth-order valence-corrected chi connectivity index (χ4v) is 4.22. The van der Waals surface area contributed by atoms with Gasteiger partial charge in [-0.25, -0.2) is 5.48 Å². The molecule has 38 heavy (non-hydrogen) atoms. The van der Waals surface area contributed by atoms with E-state index in [4.69, 9.17) is 5.21 Å². The first-order valence-electron chi connectivity index (χ1n) is 12.9. The first-order valence-corrected chi connectivity index (χ1v) is 12.9. The second kappa shape index (κ2) is 13.5. The van der Waals surface area contributed by atoms with Gasteiger partial charge in [-0.15, -0.1) is 0 Å². The first kappa shape index (κ1) is 28.6. The number of hydrogen-bond donors (Lipinski definition) is 3. The number of carbonyl (C=O) groups excluding carboxylic acids is 3. The van der Waals surface area contributed by atoms with Crippen LogP contribution in [-0.2, 0) is 20.8 Å². The Morgan fingerprint density at radius 1 is 0.921 bits per heavy atom. The predicted octanol–water partition coefficient (Wildman–Crippen LogP) is 5.74. The smallest absolute Gasteiger partial charge is 0.243 e. The van der Waals surface area contributed by atoms with Crippen LogP contribution < -0.4 is 10.8 Å². The van der Waals surface area contributed by atoms with Gasteiger partial charge in [-0.1, -0.05) is 69.4 Å². The lowest BCUT2D eigenvalue weighted by atomic mass is 9.75. The molecule has 0 fully saturated rings. The Morgan fingerprint density at radius 2 is 1.50 bits per heavy atom. The van der Waals surface area contributed by atoms with Crippen LogP contribution in [0, 0.1) is 11.3 Å². The SMILES string of the molecule is CC(CC(=O)NO)C(C)(C)CC(=O)Nc1ccc(CC(=O)N(C2=CC=CCC=C2)C2=CC=CCC=C2)cc1. The zero-order valence-electron chi connectivity index (χ0n) is 22.3. The Hall–Kier alpha value is -3.97. The van der Waals surface area contributed by atoms with Crippen molar-refractivity contribution in [3.63, 3.8) is 0 Å². The van der Waals surface area contributed by atoms with Gasteiger partial charge in [0.05, 0.1) is 6.42 Å². The van der Waals surface area contributed by atoms with E-state index >= 15 is 0 Å². The van der Waals surface area contributed by atoms with E-state index in [0.29, 0.717) is 5.69 Å². The van der Waals surface area contributed by atoms with Crippen molar-refractivity contribution in [2.45, 2.75) is 52.9 Å². The highest BCUT2D eigenvalue weighted by molar-refractivity contribution is 5.91. The number of carbonyl (C=O) groups is 3. The van der Waals surface area contributed by atoms with Crippen molar-refractivity contribution >= 4 is 23.4 Å². The minimum absolute atomic E-state index is 0.0539. The number of hydroxylamine groups is 1. The summed E-state index contributed by atoms with van der Waals surface area (Å²) in [6.45, 7) is 5.73. The molecule has 3 N–H and O–H groups in total. The van der Waals surface area contributed by atoms with Crippen LogP contribution in [0.25, 0.3) is 0 Å². The molecular formula is C31H37N3O4. The predicted molar refractivity (Wildman–Crippen MR) is 150 cm³/mol. The highest BCUT2D eigenvalue weighted by Gasteiger charge is 2.30. The molecule has 0 bridgehead atoms. The summed E-state index contributed by atoms with van der Waals surface area (Å²) in [4.78, 5) is 39.5. The molecule has 0 aliphatic heterocycles. The average Bonchev–Trinajstić information content (AvgIpc) is 3.31. The monoisotopic (exact) mass is 515 g/mol. The van der Waals surface area contributed by atoms with Crippen molar-refractivity contribution < 1.29 is 19.6 Å². The van der Waals surface area contributed by atoms with Gasteiger partial charge >= 0.3 is 0 Å². The standard InChI is InChI=1S/C31H37N3O4/c1-23(20-28(35)33-38)31(2,3)22-29(36)32-25-18-16-24(17-19-25)21-30(37)34(26-12-8-4-5-9-13-26)27-14-10-6-7-11-15-27/h4,6,8-19,23,38H,5,7,20-22H2,1-3H3,(H,32,36)(H,33,35). The van der Waals surface area contributed by atoms with Gasteiger partial charge in [-0.05, 0) is 66.2 Å². The van der Waals surface area contributed by atoms with Gasteiger partial charge in [-0.2, -0.15) is 0 Å². The molecule has 0 radical (unpaired) electrons. The first-order chi connectivity index (χ1) is 18.2. The molecule has 0 heterocycles. The lowest BCUT2D eigenvalue weighted by Crippen LogP contribution is -2.32. The molecule has 7 heteroatoms. The van der Waals surface area contributed by atoms with E-state index in [-0.39, 0.29) is 37.0 Å².